The molecule has 3 heteroatoms. The SMILES string of the molecule is O[C@@H]1[C@H](NCc2ccccc2)CCC[C@H]1Nc1ccccc1Cc1ccccc1. The van der Waals surface area contributed by atoms with Crippen LogP contribution in [0.1, 0.15) is 36.0 Å². The second-order valence-electron chi connectivity index (χ2n) is 7.96. The average Bonchev–Trinajstić information content (AvgIpc) is 2.77. The summed E-state index contributed by atoms with van der Waals surface area (Å²) in [6.07, 6.45) is 3.60. The van der Waals surface area contributed by atoms with Gasteiger partial charge in [0.15, 0.2) is 0 Å². The molecule has 0 bridgehead atoms. The minimum Gasteiger partial charge on any atom is -0.389 e. The molecule has 1 aliphatic carbocycles. The highest BCUT2D eigenvalue weighted by atomic mass is 16.3. The van der Waals surface area contributed by atoms with Crippen molar-refractivity contribution in [2.24, 2.45) is 0 Å². The van der Waals surface area contributed by atoms with Gasteiger partial charge in [-0.2, -0.15) is 0 Å². The van der Waals surface area contributed by atoms with Crippen molar-refractivity contribution < 1.29 is 5.11 Å². The maximum absolute atomic E-state index is 11.0. The molecule has 0 amide bonds. The summed E-state index contributed by atoms with van der Waals surface area (Å²) in [6.45, 7) is 0.792. The number of aliphatic hydroxyl groups is 1. The molecule has 3 N–H and O–H groups in total. The lowest BCUT2D eigenvalue weighted by Gasteiger charge is -2.36. The molecule has 1 fully saturated rings. The Morgan fingerprint density at radius 3 is 2.10 bits per heavy atom. The van der Waals surface area contributed by atoms with Crippen molar-refractivity contribution >= 4 is 5.69 Å². The number of rotatable bonds is 7. The van der Waals surface area contributed by atoms with E-state index in [1.807, 2.05) is 6.07 Å². The van der Waals surface area contributed by atoms with Crippen LogP contribution < -0.4 is 10.6 Å². The monoisotopic (exact) mass is 386 g/mol. The topological polar surface area (TPSA) is 44.3 Å². The summed E-state index contributed by atoms with van der Waals surface area (Å²) in [5.41, 5.74) is 4.95. The number of hydrogen-bond donors (Lipinski definition) is 3. The smallest absolute Gasteiger partial charge is 0.0893 e. The molecular formula is C26H30N2O. The second-order valence-corrected chi connectivity index (χ2v) is 7.96. The van der Waals surface area contributed by atoms with Crippen molar-refractivity contribution in [2.45, 2.75) is 50.4 Å². The van der Waals surface area contributed by atoms with Crippen molar-refractivity contribution in [3.05, 3.63) is 102 Å². The van der Waals surface area contributed by atoms with Gasteiger partial charge in [-0.3, -0.25) is 0 Å². The first-order chi connectivity index (χ1) is 14.3. The van der Waals surface area contributed by atoms with E-state index in [4.69, 9.17) is 0 Å². The number of aliphatic hydroxyl groups excluding tert-OH is 1. The fraction of sp³-hybridized carbons (Fsp3) is 0.308. The predicted molar refractivity (Wildman–Crippen MR) is 120 cm³/mol. The molecule has 0 heterocycles. The second kappa shape index (κ2) is 9.73. The molecule has 0 aliphatic heterocycles. The summed E-state index contributed by atoms with van der Waals surface area (Å²) in [5, 5.41) is 18.2. The standard InChI is InChI=1S/C26H30N2O/c29-26-24(27-19-21-12-5-2-6-13-21)16-9-17-25(26)28-23-15-8-7-14-22(23)18-20-10-3-1-4-11-20/h1-8,10-15,24-29H,9,16-19H2/t24-,25-,26-/m1/s1. The van der Waals surface area contributed by atoms with E-state index >= 15 is 0 Å². The van der Waals surface area contributed by atoms with Gasteiger partial charge in [-0.1, -0.05) is 78.9 Å². The van der Waals surface area contributed by atoms with Crippen molar-refractivity contribution in [1.29, 1.82) is 0 Å². The maximum atomic E-state index is 11.0. The Labute approximate surface area is 173 Å². The molecule has 3 aromatic rings. The summed E-state index contributed by atoms with van der Waals surface area (Å²) in [5.74, 6) is 0. The minimum atomic E-state index is -0.405. The highest BCUT2D eigenvalue weighted by Gasteiger charge is 2.31. The summed E-state index contributed by atoms with van der Waals surface area (Å²) < 4.78 is 0. The molecule has 3 atom stereocenters. The van der Waals surface area contributed by atoms with Crippen LogP contribution in [-0.4, -0.2) is 23.3 Å². The largest absolute Gasteiger partial charge is 0.389 e. The van der Waals surface area contributed by atoms with E-state index in [0.29, 0.717) is 0 Å². The van der Waals surface area contributed by atoms with E-state index in [1.54, 1.807) is 0 Å². The highest BCUT2D eigenvalue weighted by Crippen LogP contribution is 2.26. The zero-order valence-electron chi connectivity index (χ0n) is 16.8. The quantitative estimate of drug-likeness (QED) is 0.548. The number of nitrogens with one attached hydrogen (secondary N) is 2. The Kier molecular flexibility index (Phi) is 6.60. The van der Waals surface area contributed by atoms with Crippen LogP contribution in [0.5, 0.6) is 0 Å². The van der Waals surface area contributed by atoms with Crippen LogP contribution in [0.25, 0.3) is 0 Å². The van der Waals surface area contributed by atoms with Crippen molar-refractivity contribution in [1.82, 2.24) is 5.32 Å². The highest BCUT2D eigenvalue weighted by molar-refractivity contribution is 5.53. The molecule has 0 radical (unpaired) electrons. The molecule has 150 valence electrons. The van der Waals surface area contributed by atoms with Gasteiger partial charge < -0.3 is 15.7 Å². The van der Waals surface area contributed by atoms with E-state index in [-0.39, 0.29) is 12.1 Å². The third-order valence-electron chi connectivity index (χ3n) is 5.86. The van der Waals surface area contributed by atoms with Crippen molar-refractivity contribution in [3.63, 3.8) is 0 Å². The van der Waals surface area contributed by atoms with Gasteiger partial charge >= 0.3 is 0 Å². The third kappa shape index (κ3) is 5.26. The minimum absolute atomic E-state index is 0.0638. The average molecular weight is 387 g/mol. The number of anilines is 1. The first kappa shape index (κ1) is 19.7. The fourth-order valence-electron chi connectivity index (χ4n) is 4.24. The van der Waals surface area contributed by atoms with Crippen LogP contribution in [0, 0.1) is 0 Å². The summed E-state index contributed by atoms with van der Waals surface area (Å²) in [7, 11) is 0. The number of hydrogen-bond acceptors (Lipinski definition) is 3. The van der Waals surface area contributed by atoms with Gasteiger partial charge in [0.05, 0.1) is 12.1 Å². The summed E-state index contributed by atoms with van der Waals surface area (Å²) in [4.78, 5) is 0. The Hall–Kier alpha value is -2.62. The van der Waals surface area contributed by atoms with E-state index < -0.39 is 6.10 Å². The zero-order valence-corrected chi connectivity index (χ0v) is 16.8. The molecule has 1 aliphatic rings. The van der Waals surface area contributed by atoms with Crippen molar-refractivity contribution in [2.75, 3.05) is 5.32 Å². The lowest BCUT2D eigenvalue weighted by atomic mass is 9.87. The van der Waals surface area contributed by atoms with E-state index in [9.17, 15) is 5.11 Å². The molecule has 0 aromatic heterocycles. The normalized spacial score (nSPS) is 21.6. The maximum Gasteiger partial charge on any atom is 0.0893 e. The lowest BCUT2D eigenvalue weighted by molar-refractivity contribution is 0.0782. The van der Waals surface area contributed by atoms with E-state index in [1.165, 1.54) is 16.7 Å². The summed E-state index contributed by atoms with van der Waals surface area (Å²) >= 11 is 0. The predicted octanol–water partition coefficient (Wildman–Crippen LogP) is 4.76. The van der Waals surface area contributed by atoms with Gasteiger partial charge in [0.25, 0.3) is 0 Å². The zero-order chi connectivity index (χ0) is 19.9. The molecule has 3 aromatic carbocycles. The Balaban J connectivity index is 1.41. The first-order valence-electron chi connectivity index (χ1n) is 10.6. The van der Waals surface area contributed by atoms with Crippen LogP contribution in [0.3, 0.4) is 0 Å². The van der Waals surface area contributed by atoms with E-state index in [2.05, 4.69) is 89.5 Å². The number of benzene rings is 3. The molecule has 3 nitrogen and oxygen atoms in total. The molecule has 0 spiro atoms. The molecular weight excluding hydrogens is 356 g/mol. The fourth-order valence-corrected chi connectivity index (χ4v) is 4.24. The lowest BCUT2D eigenvalue weighted by Crippen LogP contribution is -2.51. The molecule has 29 heavy (non-hydrogen) atoms. The number of para-hydroxylation sites is 1. The van der Waals surface area contributed by atoms with Gasteiger partial charge in [-0.15, -0.1) is 0 Å². The van der Waals surface area contributed by atoms with Crippen molar-refractivity contribution in [3.8, 4) is 0 Å². The van der Waals surface area contributed by atoms with Gasteiger partial charge in [-0.25, -0.2) is 0 Å². The molecule has 0 saturated heterocycles. The molecule has 4 rings (SSSR count). The molecule has 1 saturated carbocycles. The van der Waals surface area contributed by atoms with Gasteiger partial charge in [-0.05, 0) is 48.4 Å². The van der Waals surface area contributed by atoms with Crippen LogP contribution in [0.15, 0.2) is 84.9 Å². The van der Waals surface area contributed by atoms with Crippen LogP contribution in [-0.2, 0) is 13.0 Å². The third-order valence-corrected chi connectivity index (χ3v) is 5.86. The molecule has 0 unspecified atom stereocenters. The van der Waals surface area contributed by atoms with Gasteiger partial charge in [0.2, 0.25) is 0 Å². The Morgan fingerprint density at radius 2 is 1.34 bits per heavy atom. The van der Waals surface area contributed by atoms with Gasteiger partial charge in [0.1, 0.15) is 0 Å². The van der Waals surface area contributed by atoms with E-state index in [0.717, 1.165) is 37.9 Å². The van der Waals surface area contributed by atoms with Crippen LogP contribution in [0.2, 0.25) is 0 Å². The van der Waals surface area contributed by atoms with Crippen LogP contribution >= 0.6 is 0 Å². The first-order valence-corrected chi connectivity index (χ1v) is 10.6. The Bertz CT molecular complexity index is 881. The summed E-state index contributed by atoms with van der Waals surface area (Å²) in [6, 6.07) is 29.6. The Morgan fingerprint density at radius 1 is 0.724 bits per heavy atom. The van der Waals surface area contributed by atoms with Crippen LogP contribution in [0.4, 0.5) is 5.69 Å². The van der Waals surface area contributed by atoms with Gasteiger partial charge in [0, 0.05) is 18.3 Å².